The molecule has 0 saturated heterocycles. The minimum absolute atomic E-state index is 0.481. The van der Waals surface area contributed by atoms with Gasteiger partial charge in [0.1, 0.15) is 0 Å². The number of halogens is 1. The molecule has 0 saturated carbocycles. The van der Waals surface area contributed by atoms with Crippen molar-refractivity contribution in [3.8, 4) is 0 Å². The van der Waals surface area contributed by atoms with Crippen LogP contribution in [0.15, 0.2) is 45.1 Å². The second-order valence-corrected chi connectivity index (χ2v) is 6.64. The van der Waals surface area contributed by atoms with Gasteiger partial charge in [0.15, 0.2) is 5.16 Å². The third-order valence-corrected chi connectivity index (χ3v) is 4.38. The Morgan fingerprint density at radius 2 is 2.21 bits per heavy atom. The maximum Gasteiger partial charge on any atom is 0.172 e. The Balaban J connectivity index is 2.22. The van der Waals surface area contributed by atoms with Gasteiger partial charge in [-0.15, -0.1) is 0 Å². The van der Waals surface area contributed by atoms with Crippen LogP contribution in [-0.4, -0.2) is 15.6 Å². The number of imidazole rings is 1. The van der Waals surface area contributed by atoms with Crippen LogP contribution in [0.3, 0.4) is 0 Å². The van der Waals surface area contributed by atoms with Gasteiger partial charge in [-0.3, -0.25) is 0 Å². The Labute approximate surface area is 126 Å². The van der Waals surface area contributed by atoms with E-state index in [-0.39, 0.29) is 0 Å². The predicted octanol–water partition coefficient (Wildman–Crippen LogP) is 3.83. The van der Waals surface area contributed by atoms with E-state index in [4.69, 9.17) is 0 Å². The molecule has 0 spiro atoms. The van der Waals surface area contributed by atoms with Crippen molar-refractivity contribution in [3.63, 3.8) is 0 Å². The van der Waals surface area contributed by atoms with Crippen LogP contribution in [0.1, 0.15) is 19.4 Å². The summed E-state index contributed by atoms with van der Waals surface area (Å²) in [6.45, 7) is 5.19. The highest BCUT2D eigenvalue weighted by Gasteiger charge is 2.09. The lowest BCUT2D eigenvalue weighted by Crippen LogP contribution is -2.22. The fraction of sp³-hybridized carbons (Fsp3) is 0.357. The molecule has 1 N–H and O–H groups in total. The quantitative estimate of drug-likeness (QED) is 0.897. The second kappa shape index (κ2) is 6.59. The van der Waals surface area contributed by atoms with E-state index in [1.165, 1.54) is 10.5 Å². The number of hydrogen-bond donors (Lipinski definition) is 1. The molecule has 0 bridgehead atoms. The molecule has 2 rings (SSSR count). The largest absolute Gasteiger partial charge is 0.329 e. The van der Waals surface area contributed by atoms with Gasteiger partial charge in [-0.25, -0.2) is 4.98 Å². The van der Waals surface area contributed by atoms with Gasteiger partial charge < -0.3 is 9.88 Å². The Bertz CT molecular complexity index is 551. The monoisotopic (exact) mass is 339 g/mol. The molecule has 0 amide bonds. The zero-order valence-corrected chi connectivity index (χ0v) is 13.8. The molecule has 1 heterocycles. The Kier molecular flexibility index (Phi) is 5.07. The third-order valence-electron chi connectivity index (χ3n) is 2.71. The van der Waals surface area contributed by atoms with Crippen LogP contribution in [0.4, 0.5) is 0 Å². The van der Waals surface area contributed by atoms with Gasteiger partial charge in [-0.2, -0.15) is 0 Å². The van der Waals surface area contributed by atoms with Crippen molar-refractivity contribution in [1.29, 1.82) is 0 Å². The molecule has 0 atom stereocenters. The van der Waals surface area contributed by atoms with Crippen molar-refractivity contribution >= 4 is 27.7 Å². The van der Waals surface area contributed by atoms with E-state index in [9.17, 15) is 0 Å². The minimum Gasteiger partial charge on any atom is -0.329 e. The van der Waals surface area contributed by atoms with E-state index in [2.05, 4.69) is 58.3 Å². The molecule has 0 unspecified atom stereocenters. The highest BCUT2D eigenvalue weighted by molar-refractivity contribution is 9.10. The number of hydrogen-bond acceptors (Lipinski definition) is 3. The SMILES string of the molecule is CC(C)NCc1ccc(Br)cc1Sc1nccn1C. The van der Waals surface area contributed by atoms with Crippen molar-refractivity contribution < 1.29 is 0 Å². The van der Waals surface area contributed by atoms with Gasteiger partial charge in [0.25, 0.3) is 0 Å². The van der Waals surface area contributed by atoms with Gasteiger partial charge in [-0.05, 0) is 17.7 Å². The summed E-state index contributed by atoms with van der Waals surface area (Å²) in [6, 6.07) is 6.87. The summed E-state index contributed by atoms with van der Waals surface area (Å²) in [4.78, 5) is 5.60. The first-order valence-corrected chi connectivity index (χ1v) is 7.84. The first-order chi connectivity index (χ1) is 9.06. The number of aryl methyl sites for hydroxylation is 1. The summed E-state index contributed by atoms with van der Waals surface area (Å²) in [6.07, 6.45) is 3.79. The van der Waals surface area contributed by atoms with Crippen molar-refractivity contribution in [2.45, 2.75) is 36.5 Å². The van der Waals surface area contributed by atoms with Crippen LogP contribution >= 0.6 is 27.7 Å². The van der Waals surface area contributed by atoms with Crippen LogP contribution in [0.25, 0.3) is 0 Å². The van der Waals surface area contributed by atoms with Crippen LogP contribution < -0.4 is 5.32 Å². The van der Waals surface area contributed by atoms with Crippen LogP contribution in [0, 0.1) is 0 Å². The lowest BCUT2D eigenvalue weighted by atomic mass is 10.2. The van der Waals surface area contributed by atoms with E-state index in [1.54, 1.807) is 11.8 Å². The summed E-state index contributed by atoms with van der Waals surface area (Å²) in [5.74, 6) is 0. The summed E-state index contributed by atoms with van der Waals surface area (Å²) < 4.78 is 3.13. The van der Waals surface area contributed by atoms with E-state index < -0.39 is 0 Å². The Hall–Kier alpha value is -0.780. The number of benzene rings is 1. The fourth-order valence-electron chi connectivity index (χ4n) is 1.63. The molecule has 1 aromatic carbocycles. The lowest BCUT2D eigenvalue weighted by molar-refractivity contribution is 0.584. The Morgan fingerprint density at radius 3 is 2.84 bits per heavy atom. The molecular weight excluding hydrogens is 322 g/mol. The van der Waals surface area contributed by atoms with E-state index in [0.717, 1.165) is 16.2 Å². The Morgan fingerprint density at radius 1 is 1.42 bits per heavy atom. The summed E-state index contributed by atoms with van der Waals surface area (Å²) in [5, 5.41) is 4.46. The zero-order chi connectivity index (χ0) is 13.8. The molecule has 2 aromatic rings. The average Bonchev–Trinajstić information content (AvgIpc) is 2.74. The molecule has 0 aliphatic rings. The smallest absolute Gasteiger partial charge is 0.172 e. The molecule has 102 valence electrons. The third kappa shape index (κ3) is 4.09. The van der Waals surface area contributed by atoms with Gasteiger partial charge in [0, 0.05) is 41.4 Å². The maximum absolute atomic E-state index is 4.37. The molecule has 19 heavy (non-hydrogen) atoms. The normalized spacial score (nSPS) is 11.2. The van der Waals surface area contributed by atoms with Gasteiger partial charge >= 0.3 is 0 Å². The number of nitrogens with zero attached hydrogens (tertiary/aromatic N) is 2. The molecule has 1 aromatic heterocycles. The lowest BCUT2D eigenvalue weighted by Gasteiger charge is -2.12. The van der Waals surface area contributed by atoms with Gasteiger partial charge in [0.2, 0.25) is 0 Å². The van der Waals surface area contributed by atoms with Gasteiger partial charge in [0.05, 0.1) is 0 Å². The first-order valence-electron chi connectivity index (χ1n) is 6.23. The zero-order valence-electron chi connectivity index (χ0n) is 11.4. The van der Waals surface area contributed by atoms with Crippen molar-refractivity contribution in [2.24, 2.45) is 7.05 Å². The van der Waals surface area contributed by atoms with Crippen LogP contribution in [0.2, 0.25) is 0 Å². The molecule has 5 heteroatoms. The number of aromatic nitrogens is 2. The van der Waals surface area contributed by atoms with Crippen LogP contribution in [-0.2, 0) is 13.6 Å². The number of rotatable bonds is 5. The molecule has 0 aliphatic carbocycles. The van der Waals surface area contributed by atoms with E-state index in [0.29, 0.717) is 6.04 Å². The minimum atomic E-state index is 0.481. The van der Waals surface area contributed by atoms with Crippen LogP contribution in [0.5, 0.6) is 0 Å². The first kappa shape index (κ1) is 14.6. The molecular formula is C14H18BrN3S. The topological polar surface area (TPSA) is 29.9 Å². The highest BCUT2D eigenvalue weighted by atomic mass is 79.9. The molecule has 0 aliphatic heterocycles. The fourth-order valence-corrected chi connectivity index (χ4v) is 3.12. The summed E-state index contributed by atoms with van der Waals surface area (Å²) >= 11 is 5.23. The molecule has 3 nitrogen and oxygen atoms in total. The standard InChI is InChI=1S/C14H18BrN3S/c1-10(2)17-9-11-4-5-12(15)8-13(11)19-14-16-6-7-18(14)3/h4-8,10,17H,9H2,1-3H3. The number of nitrogens with one attached hydrogen (secondary N) is 1. The van der Waals surface area contributed by atoms with Crippen molar-refractivity contribution in [3.05, 3.63) is 40.6 Å². The maximum atomic E-state index is 4.37. The average molecular weight is 340 g/mol. The van der Waals surface area contributed by atoms with E-state index in [1.807, 2.05) is 24.0 Å². The van der Waals surface area contributed by atoms with E-state index >= 15 is 0 Å². The predicted molar refractivity (Wildman–Crippen MR) is 83.4 cm³/mol. The summed E-state index contributed by atoms with van der Waals surface area (Å²) in [7, 11) is 2.01. The molecule has 0 fully saturated rings. The highest BCUT2D eigenvalue weighted by Crippen LogP contribution is 2.31. The van der Waals surface area contributed by atoms with Gasteiger partial charge in [-0.1, -0.05) is 47.6 Å². The van der Waals surface area contributed by atoms with Crippen molar-refractivity contribution in [2.75, 3.05) is 0 Å². The van der Waals surface area contributed by atoms with Crippen molar-refractivity contribution in [1.82, 2.24) is 14.9 Å². The second-order valence-electron chi connectivity index (χ2n) is 4.71. The summed E-state index contributed by atoms with van der Waals surface area (Å²) in [5.41, 5.74) is 1.30. The molecule has 0 radical (unpaired) electrons.